The lowest BCUT2D eigenvalue weighted by atomic mass is 9.95. The van der Waals surface area contributed by atoms with Gasteiger partial charge in [-0.25, -0.2) is 0 Å². The van der Waals surface area contributed by atoms with Gasteiger partial charge in [-0.2, -0.15) is 0 Å². The number of carbonyl (C=O) groups excluding carboxylic acids is 1. The first kappa shape index (κ1) is 16.5. The van der Waals surface area contributed by atoms with Gasteiger partial charge in [-0.3, -0.25) is 9.00 Å². The third kappa shape index (κ3) is 5.11. The summed E-state index contributed by atoms with van der Waals surface area (Å²) >= 11 is 5.83. The summed E-state index contributed by atoms with van der Waals surface area (Å²) in [6.45, 7) is 1.74. The Kier molecular flexibility index (Phi) is 6.24. The van der Waals surface area contributed by atoms with Gasteiger partial charge in [-0.15, -0.1) is 0 Å². The van der Waals surface area contributed by atoms with Crippen LogP contribution in [0.4, 0.5) is 0 Å². The number of hydrogen-bond donors (Lipinski definition) is 1. The fourth-order valence-corrected chi connectivity index (χ4v) is 3.76. The molecule has 0 unspecified atom stereocenters. The summed E-state index contributed by atoms with van der Waals surface area (Å²) in [7, 11) is -1.21. The molecule has 21 heavy (non-hydrogen) atoms. The van der Waals surface area contributed by atoms with Crippen LogP contribution in [0.1, 0.15) is 44.6 Å². The van der Waals surface area contributed by atoms with Gasteiger partial charge in [0.05, 0.1) is 0 Å². The van der Waals surface area contributed by atoms with Crippen LogP contribution in [-0.2, 0) is 21.3 Å². The molecule has 0 aliphatic heterocycles. The molecule has 1 amide bonds. The molecule has 0 bridgehead atoms. The quantitative estimate of drug-likeness (QED) is 0.900. The van der Waals surface area contributed by atoms with Gasteiger partial charge in [0.1, 0.15) is 5.25 Å². The molecule has 1 aliphatic rings. The van der Waals surface area contributed by atoms with Crippen LogP contribution in [0, 0.1) is 0 Å². The van der Waals surface area contributed by atoms with Gasteiger partial charge >= 0.3 is 0 Å². The normalized spacial score (nSPS) is 19.0. The van der Waals surface area contributed by atoms with Crippen molar-refractivity contribution in [3.8, 4) is 0 Å². The number of amides is 1. The summed E-state index contributed by atoms with van der Waals surface area (Å²) in [5.74, 6) is 0.297. The first-order valence-corrected chi connectivity index (χ1v) is 9.24. The Morgan fingerprint density at radius 2 is 1.90 bits per heavy atom. The van der Waals surface area contributed by atoms with E-state index in [1.54, 1.807) is 19.1 Å². The molecule has 0 radical (unpaired) electrons. The van der Waals surface area contributed by atoms with Gasteiger partial charge in [-0.05, 0) is 37.5 Å². The molecule has 1 aromatic carbocycles. The maximum absolute atomic E-state index is 12.3. The lowest BCUT2D eigenvalue weighted by Crippen LogP contribution is -2.42. The number of halogens is 1. The van der Waals surface area contributed by atoms with Crippen LogP contribution in [0.2, 0.25) is 5.02 Å². The first-order chi connectivity index (χ1) is 10.1. The molecule has 1 N–H and O–H groups in total. The second-order valence-electron chi connectivity index (χ2n) is 5.64. The number of carbonyl (C=O) groups is 1. The molecule has 2 atom stereocenters. The zero-order valence-electron chi connectivity index (χ0n) is 12.3. The highest BCUT2D eigenvalue weighted by Gasteiger charge is 2.23. The van der Waals surface area contributed by atoms with Crippen LogP contribution in [-0.4, -0.2) is 21.4 Å². The monoisotopic (exact) mass is 327 g/mol. The van der Waals surface area contributed by atoms with Crippen LogP contribution < -0.4 is 5.32 Å². The summed E-state index contributed by atoms with van der Waals surface area (Å²) in [4.78, 5) is 12.2. The molecule has 0 heterocycles. The van der Waals surface area contributed by atoms with Crippen molar-refractivity contribution in [2.75, 3.05) is 0 Å². The number of benzene rings is 1. The van der Waals surface area contributed by atoms with Crippen LogP contribution in [0.3, 0.4) is 0 Å². The average Bonchev–Trinajstić information content (AvgIpc) is 2.49. The van der Waals surface area contributed by atoms with Crippen molar-refractivity contribution in [3.63, 3.8) is 0 Å². The van der Waals surface area contributed by atoms with Gasteiger partial charge in [0.25, 0.3) is 0 Å². The summed E-state index contributed by atoms with van der Waals surface area (Å²) in [6.07, 6.45) is 5.69. The smallest absolute Gasteiger partial charge is 0.235 e. The molecule has 2 rings (SSSR count). The van der Waals surface area contributed by atoms with E-state index < -0.39 is 16.0 Å². The average molecular weight is 328 g/mol. The van der Waals surface area contributed by atoms with Crippen LogP contribution in [0.5, 0.6) is 0 Å². The van der Waals surface area contributed by atoms with Crippen LogP contribution in [0.25, 0.3) is 0 Å². The number of nitrogens with one attached hydrogen (secondary N) is 1. The third-order valence-corrected chi connectivity index (χ3v) is 5.81. The SMILES string of the molecule is C[C@H](C(=O)NC1CCCCC1)[S@@](=O)Cc1ccc(Cl)cc1. The minimum atomic E-state index is -1.21. The third-order valence-electron chi connectivity index (χ3n) is 3.94. The van der Waals surface area contributed by atoms with E-state index in [4.69, 9.17) is 11.6 Å². The second kappa shape index (κ2) is 7.95. The van der Waals surface area contributed by atoms with Gasteiger partial charge in [0.15, 0.2) is 0 Å². The molecule has 1 aromatic rings. The van der Waals surface area contributed by atoms with Gasteiger partial charge in [0, 0.05) is 27.6 Å². The minimum Gasteiger partial charge on any atom is -0.352 e. The van der Waals surface area contributed by atoms with E-state index in [0.717, 1.165) is 18.4 Å². The van der Waals surface area contributed by atoms with Gasteiger partial charge < -0.3 is 5.32 Å². The highest BCUT2D eigenvalue weighted by atomic mass is 35.5. The van der Waals surface area contributed by atoms with Crippen molar-refractivity contribution in [3.05, 3.63) is 34.9 Å². The van der Waals surface area contributed by atoms with E-state index in [0.29, 0.717) is 10.8 Å². The standard InChI is InChI=1S/C16H22ClNO2S/c1-12(16(19)18-15-5-3-2-4-6-15)21(20)11-13-7-9-14(17)10-8-13/h7-10,12,15H,2-6,11H2,1H3,(H,18,19)/t12-,21+/m1/s1. The van der Waals surface area contributed by atoms with E-state index in [-0.39, 0.29) is 11.9 Å². The summed E-state index contributed by atoms with van der Waals surface area (Å²) in [5.41, 5.74) is 0.940. The van der Waals surface area contributed by atoms with Gasteiger partial charge in [0.2, 0.25) is 5.91 Å². The van der Waals surface area contributed by atoms with Crippen molar-refractivity contribution < 1.29 is 9.00 Å². The number of rotatable bonds is 5. The highest BCUT2D eigenvalue weighted by molar-refractivity contribution is 7.85. The summed E-state index contributed by atoms with van der Waals surface area (Å²) < 4.78 is 12.3. The van der Waals surface area contributed by atoms with Gasteiger partial charge in [-0.1, -0.05) is 43.0 Å². The molecule has 116 valence electrons. The van der Waals surface area contributed by atoms with Crippen LogP contribution in [0.15, 0.2) is 24.3 Å². The Balaban J connectivity index is 1.85. The number of hydrogen-bond acceptors (Lipinski definition) is 2. The predicted molar refractivity (Wildman–Crippen MR) is 87.8 cm³/mol. The Hall–Kier alpha value is -0.870. The molecule has 1 aliphatic carbocycles. The molecular formula is C16H22ClNO2S. The second-order valence-corrected chi connectivity index (χ2v) is 7.83. The molecule has 1 saturated carbocycles. The van der Waals surface area contributed by atoms with E-state index in [2.05, 4.69) is 5.32 Å². The fraction of sp³-hybridized carbons (Fsp3) is 0.562. The van der Waals surface area contributed by atoms with Crippen molar-refractivity contribution in [1.29, 1.82) is 0 Å². The Morgan fingerprint density at radius 1 is 1.29 bits per heavy atom. The molecule has 5 heteroatoms. The molecule has 0 spiro atoms. The lowest BCUT2D eigenvalue weighted by molar-refractivity contribution is -0.121. The lowest BCUT2D eigenvalue weighted by Gasteiger charge is -2.24. The first-order valence-electron chi connectivity index (χ1n) is 7.48. The van der Waals surface area contributed by atoms with E-state index in [1.807, 2.05) is 12.1 Å². The van der Waals surface area contributed by atoms with Crippen molar-refractivity contribution in [1.82, 2.24) is 5.32 Å². The zero-order valence-corrected chi connectivity index (χ0v) is 13.9. The molecule has 0 saturated heterocycles. The molecule has 3 nitrogen and oxygen atoms in total. The van der Waals surface area contributed by atoms with Crippen molar-refractivity contribution in [2.24, 2.45) is 0 Å². The summed E-state index contributed by atoms with van der Waals surface area (Å²) in [6, 6.07) is 7.53. The fourth-order valence-electron chi connectivity index (χ4n) is 2.55. The minimum absolute atomic E-state index is 0.0887. The van der Waals surface area contributed by atoms with Crippen molar-refractivity contribution in [2.45, 2.75) is 56.1 Å². The zero-order chi connectivity index (χ0) is 15.2. The van der Waals surface area contributed by atoms with E-state index in [9.17, 15) is 9.00 Å². The predicted octanol–water partition coefficient (Wildman–Crippen LogP) is 3.43. The Morgan fingerprint density at radius 3 is 2.52 bits per heavy atom. The molecule has 0 aromatic heterocycles. The van der Waals surface area contributed by atoms with E-state index >= 15 is 0 Å². The van der Waals surface area contributed by atoms with Crippen LogP contribution >= 0.6 is 11.6 Å². The Bertz CT molecular complexity index is 498. The largest absolute Gasteiger partial charge is 0.352 e. The molecule has 1 fully saturated rings. The topological polar surface area (TPSA) is 46.2 Å². The maximum atomic E-state index is 12.3. The highest BCUT2D eigenvalue weighted by Crippen LogP contribution is 2.18. The van der Waals surface area contributed by atoms with E-state index in [1.165, 1.54) is 19.3 Å². The maximum Gasteiger partial charge on any atom is 0.235 e. The molecular weight excluding hydrogens is 306 g/mol. The van der Waals surface area contributed by atoms with Crippen molar-refractivity contribution >= 4 is 28.3 Å². The summed E-state index contributed by atoms with van der Waals surface area (Å²) in [5, 5.41) is 3.22. The Labute approximate surface area is 133 Å².